The van der Waals surface area contributed by atoms with Crippen molar-refractivity contribution in [3.05, 3.63) is 76.9 Å². The molecule has 0 aliphatic rings. The van der Waals surface area contributed by atoms with Crippen LogP contribution in [0.1, 0.15) is 30.5 Å². The molecule has 28 heavy (non-hydrogen) atoms. The van der Waals surface area contributed by atoms with Crippen molar-refractivity contribution in [1.82, 2.24) is 9.97 Å². The lowest BCUT2D eigenvalue weighted by atomic mass is 10.0. The molecule has 0 aliphatic heterocycles. The van der Waals surface area contributed by atoms with Crippen LogP contribution in [-0.4, -0.2) is 9.97 Å². The maximum Gasteiger partial charge on any atom is 0.229 e. The molecule has 1 aromatic heterocycles. The van der Waals surface area contributed by atoms with E-state index in [2.05, 4.69) is 20.6 Å². The molecule has 2 N–H and O–H groups in total. The zero-order valence-electron chi connectivity index (χ0n) is 21.1. The summed E-state index contributed by atoms with van der Waals surface area (Å²) < 4.78 is 48.6. The number of benzene rings is 2. The van der Waals surface area contributed by atoms with Gasteiger partial charge < -0.3 is 10.6 Å². The van der Waals surface area contributed by atoms with Gasteiger partial charge in [0.1, 0.15) is 5.82 Å². The third-order valence-electron chi connectivity index (χ3n) is 3.69. The quantitative estimate of drug-likeness (QED) is 0.612. The Morgan fingerprint density at radius 3 is 2.46 bits per heavy atom. The van der Waals surface area contributed by atoms with E-state index in [1.54, 1.807) is 44.2 Å². The first-order valence-corrected chi connectivity index (χ1v) is 8.16. The molecule has 0 spiro atoms. The van der Waals surface area contributed by atoms with E-state index < -0.39 is 12.1 Å². The molecule has 0 bridgehead atoms. The zero-order chi connectivity index (χ0) is 25.2. The van der Waals surface area contributed by atoms with Gasteiger partial charge in [0.15, 0.2) is 0 Å². The molecule has 3 rings (SSSR count). The number of rotatable bonds is 5. The minimum atomic E-state index is -0.650. The lowest BCUT2D eigenvalue weighted by Gasteiger charge is -2.14. The highest BCUT2D eigenvalue weighted by Crippen LogP contribution is 2.26. The lowest BCUT2D eigenvalue weighted by molar-refractivity contribution is 1.16. The number of nitrogens with zero attached hydrogens (tertiary/aromatic N) is 4. The normalized spacial score (nSPS) is 14.0. The molecule has 6 heteroatoms. The number of nitrogens with one attached hydrogen (secondary N) is 2. The Morgan fingerprint density at radius 1 is 1.11 bits per heavy atom. The highest BCUT2D eigenvalue weighted by molar-refractivity contribution is 5.69. The third-order valence-corrected chi connectivity index (χ3v) is 3.69. The number of aromatic nitrogens is 2. The smallest absolute Gasteiger partial charge is 0.229 e. The van der Waals surface area contributed by atoms with E-state index in [0.29, 0.717) is 28.1 Å². The Morgan fingerprint density at radius 2 is 1.82 bits per heavy atom. The van der Waals surface area contributed by atoms with Crippen LogP contribution in [0.2, 0.25) is 0 Å². The average Bonchev–Trinajstić information content (AvgIpc) is 2.83. The molecular formula is C22H18N6. The number of hydrogen-bond acceptors (Lipinski definition) is 6. The van der Waals surface area contributed by atoms with Crippen LogP contribution >= 0.6 is 0 Å². The van der Waals surface area contributed by atoms with Gasteiger partial charge in [0.05, 0.1) is 25.9 Å². The van der Waals surface area contributed by atoms with Crippen LogP contribution in [0, 0.1) is 36.5 Å². The van der Waals surface area contributed by atoms with Gasteiger partial charge >= 0.3 is 0 Å². The lowest BCUT2D eigenvalue weighted by Crippen LogP contribution is -2.02. The Bertz CT molecular complexity index is 1370. The van der Waals surface area contributed by atoms with Gasteiger partial charge in [-0.1, -0.05) is 0 Å². The highest BCUT2D eigenvalue weighted by atomic mass is 15.1. The molecule has 0 aliphatic carbocycles. The Balaban J connectivity index is 2.05. The van der Waals surface area contributed by atoms with E-state index in [1.165, 1.54) is 0 Å². The number of allylic oxidation sites excluding steroid dienone is 1. The number of anilines is 4. The zero-order valence-corrected chi connectivity index (χ0v) is 15.1. The number of nitriles is 2. The molecule has 0 saturated carbocycles. The summed E-state index contributed by atoms with van der Waals surface area (Å²) in [6, 6.07) is 8.19. The average molecular weight is 372 g/mol. The van der Waals surface area contributed by atoms with Crippen molar-refractivity contribution >= 4 is 29.2 Å². The second-order valence-electron chi connectivity index (χ2n) is 5.68. The van der Waals surface area contributed by atoms with Gasteiger partial charge in [0.25, 0.3) is 0 Å². The van der Waals surface area contributed by atoms with Crippen molar-refractivity contribution < 1.29 is 8.22 Å². The predicted molar refractivity (Wildman–Crippen MR) is 110 cm³/mol. The first-order valence-electron chi connectivity index (χ1n) is 11.2. The van der Waals surface area contributed by atoms with Gasteiger partial charge in [-0.25, -0.2) is 4.98 Å². The SMILES string of the molecule is [2H]/C(C#N)=C(/[2H])c1c([2H])c(C)c(Nc2nc(Nc3ccc(C#N)cc3)nc([2H])c2[2H])c(C)c1[2H]. The maximum atomic E-state index is 8.93. The summed E-state index contributed by atoms with van der Waals surface area (Å²) in [5.74, 6) is -0.00434. The summed E-state index contributed by atoms with van der Waals surface area (Å²) in [7, 11) is 0. The van der Waals surface area contributed by atoms with Crippen LogP contribution < -0.4 is 10.6 Å². The topological polar surface area (TPSA) is 97.4 Å². The molecule has 1 heterocycles. The summed E-state index contributed by atoms with van der Waals surface area (Å²) in [5.41, 5.74) is 1.85. The molecular weight excluding hydrogens is 348 g/mol. The van der Waals surface area contributed by atoms with Gasteiger partial charge in [-0.2, -0.15) is 15.5 Å². The molecule has 0 saturated heterocycles. The first kappa shape index (κ1) is 12.3. The largest absolute Gasteiger partial charge is 0.340 e. The van der Waals surface area contributed by atoms with Crippen molar-refractivity contribution in [3.8, 4) is 12.1 Å². The Labute approximate surface area is 172 Å². The van der Waals surface area contributed by atoms with Crippen LogP contribution in [0.4, 0.5) is 23.1 Å². The summed E-state index contributed by atoms with van der Waals surface area (Å²) in [6.07, 6.45) is -0.359. The summed E-state index contributed by atoms with van der Waals surface area (Å²) in [4.78, 5) is 8.21. The van der Waals surface area contributed by atoms with E-state index >= 15 is 0 Å². The highest BCUT2D eigenvalue weighted by Gasteiger charge is 2.07. The Hall–Kier alpha value is -4.16. The maximum absolute atomic E-state index is 8.93. The second kappa shape index (κ2) is 8.48. The van der Waals surface area contributed by atoms with Crippen LogP contribution in [0.5, 0.6) is 0 Å². The van der Waals surface area contributed by atoms with Gasteiger partial charge in [-0.15, -0.1) is 0 Å². The van der Waals surface area contributed by atoms with Gasteiger partial charge in [-0.3, -0.25) is 0 Å². The fourth-order valence-corrected chi connectivity index (χ4v) is 2.44. The van der Waals surface area contributed by atoms with Gasteiger partial charge in [0.2, 0.25) is 5.95 Å². The molecule has 0 radical (unpaired) electrons. The summed E-state index contributed by atoms with van der Waals surface area (Å²) >= 11 is 0. The van der Waals surface area contributed by atoms with Crippen molar-refractivity contribution in [2.45, 2.75) is 13.8 Å². The van der Waals surface area contributed by atoms with Crippen molar-refractivity contribution in [1.29, 1.82) is 10.5 Å². The number of hydrogen-bond donors (Lipinski definition) is 2. The van der Waals surface area contributed by atoms with Crippen molar-refractivity contribution in [3.63, 3.8) is 0 Å². The van der Waals surface area contributed by atoms with Gasteiger partial charge in [-0.05, 0) is 79.0 Å². The predicted octanol–water partition coefficient (Wildman–Crippen LogP) is 4.99. The molecule has 6 nitrogen and oxygen atoms in total. The van der Waals surface area contributed by atoms with Crippen LogP contribution in [0.25, 0.3) is 6.05 Å². The fraction of sp³-hybridized carbons (Fsp3) is 0.0909. The second-order valence-corrected chi connectivity index (χ2v) is 5.68. The summed E-state index contributed by atoms with van der Waals surface area (Å²) in [5, 5.41) is 23.7. The molecule has 0 atom stereocenters. The van der Waals surface area contributed by atoms with E-state index in [1.807, 2.05) is 6.07 Å². The first-order chi connectivity index (χ1) is 16.1. The van der Waals surface area contributed by atoms with Crippen LogP contribution in [0.3, 0.4) is 0 Å². The Kier molecular flexibility index (Phi) is 3.72. The van der Waals surface area contributed by atoms with E-state index in [-0.39, 0.29) is 41.6 Å². The van der Waals surface area contributed by atoms with E-state index in [9.17, 15) is 0 Å². The van der Waals surface area contributed by atoms with Crippen LogP contribution in [0.15, 0.2) is 54.6 Å². The molecule has 0 amide bonds. The van der Waals surface area contributed by atoms with E-state index in [4.69, 9.17) is 18.7 Å². The third kappa shape index (κ3) is 4.51. The molecule has 2 aromatic carbocycles. The monoisotopic (exact) mass is 372 g/mol. The minimum absolute atomic E-state index is 0.0292. The molecule has 0 fully saturated rings. The standard InChI is InChI=1S/C22H18N6/c1-15-12-18(4-3-10-23)13-16(2)21(15)27-20-9-11-25-22(28-20)26-19-7-5-17(14-24)6-8-19/h3-9,11-13H,1-2H3,(H2,25,26,27,28)/b4-3+/i3D,4D,9D,11D,12D,13D. The molecule has 3 aromatic rings. The summed E-state index contributed by atoms with van der Waals surface area (Å²) in [6.45, 7) is 3.15. The molecule has 0 unspecified atom stereocenters. The van der Waals surface area contributed by atoms with Crippen LogP contribution in [-0.2, 0) is 0 Å². The van der Waals surface area contributed by atoms with Gasteiger partial charge in [0, 0.05) is 23.6 Å². The minimum Gasteiger partial charge on any atom is -0.340 e. The van der Waals surface area contributed by atoms with Crippen molar-refractivity contribution in [2.24, 2.45) is 0 Å². The fourth-order valence-electron chi connectivity index (χ4n) is 2.44. The molecule has 136 valence electrons. The van der Waals surface area contributed by atoms with Crippen molar-refractivity contribution in [2.75, 3.05) is 10.6 Å². The van der Waals surface area contributed by atoms with E-state index in [0.717, 1.165) is 0 Å².